The number of likely N-dealkylation sites (tertiary alicyclic amines) is 1. The molecule has 19 heavy (non-hydrogen) atoms. The van der Waals surface area contributed by atoms with Crippen LogP contribution in [0.25, 0.3) is 0 Å². The first-order chi connectivity index (χ1) is 8.99. The molecule has 2 amide bonds. The largest absolute Gasteiger partial charge is 0.480 e. The van der Waals surface area contributed by atoms with Crippen LogP contribution in [-0.4, -0.2) is 66.2 Å². The summed E-state index contributed by atoms with van der Waals surface area (Å²) in [6.07, 6.45) is 3.85. The fraction of sp³-hybridized carbons (Fsp3) is 0.846. The van der Waals surface area contributed by atoms with E-state index in [-0.39, 0.29) is 18.0 Å². The molecular weight excluding hydrogens is 246 g/mol. The number of carbonyl (C=O) groups is 2. The zero-order chi connectivity index (χ0) is 14.0. The van der Waals surface area contributed by atoms with Crippen molar-refractivity contribution in [1.82, 2.24) is 15.1 Å². The number of urea groups is 1. The second kappa shape index (κ2) is 5.77. The standard InChI is InChI=1S/C13H23N3O3/c1-15-7-3-4-10(8-15)16(2)13(19)14-11(12(17)18)9-5-6-9/h9-11H,3-8H2,1-2H3,(H,14,19)(H,17,18). The zero-order valence-electron chi connectivity index (χ0n) is 11.6. The molecule has 1 heterocycles. The molecule has 2 unspecified atom stereocenters. The summed E-state index contributed by atoms with van der Waals surface area (Å²) < 4.78 is 0. The number of rotatable bonds is 4. The van der Waals surface area contributed by atoms with E-state index in [9.17, 15) is 9.59 Å². The maximum Gasteiger partial charge on any atom is 0.326 e. The van der Waals surface area contributed by atoms with Crippen LogP contribution in [-0.2, 0) is 4.79 Å². The van der Waals surface area contributed by atoms with E-state index >= 15 is 0 Å². The van der Waals surface area contributed by atoms with E-state index in [0.717, 1.165) is 38.8 Å². The minimum atomic E-state index is -0.926. The van der Waals surface area contributed by atoms with Crippen molar-refractivity contribution in [2.24, 2.45) is 5.92 Å². The first kappa shape index (κ1) is 14.1. The van der Waals surface area contributed by atoms with Gasteiger partial charge in [0.2, 0.25) is 0 Å². The Labute approximate surface area is 113 Å². The molecule has 0 spiro atoms. The van der Waals surface area contributed by atoms with E-state index in [2.05, 4.69) is 10.2 Å². The lowest BCUT2D eigenvalue weighted by molar-refractivity contribution is -0.139. The van der Waals surface area contributed by atoms with Crippen molar-refractivity contribution in [3.63, 3.8) is 0 Å². The second-order valence-electron chi connectivity index (χ2n) is 5.77. The summed E-state index contributed by atoms with van der Waals surface area (Å²) in [6, 6.07) is -0.816. The highest BCUT2D eigenvalue weighted by Crippen LogP contribution is 2.32. The van der Waals surface area contributed by atoms with Crippen LogP contribution in [0.3, 0.4) is 0 Å². The summed E-state index contributed by atoms with van der Waals surface area (Å²) in [7, 11) is 3.80. The van der Waals surface area contributed by atoms with Crippen molar-refractivity contribution >= 4 is 12.0 Å². The third kappa shape index (κ3) is 3.59. The molecule has 6 heteroatoms. The van der Waals surface area contributed by atoms with E-state index in [4.69, 9.17) is 5.11 Å². The molecule has 0 bridgehead atoms. The van der Waals surface area contributed by atoms with Crippen LogP contribution in [0, 0.1) is 5.92 Å². The maximum atomic E-state index is 12.1. The summed E-state index contributed by atoms with van der Waals surface area (Å²) >= 11 is 0. The van der Waals surface area contributed by atoms with Crippen LogP contribution >= 0.6 is 0 Å². The van der Waals surface area contributed by atoms with E-state index in [0.29, 0.717) is 0 Å². The summed E-state index contributed by atoms with van der Waals surface area (Å²) in [5.41, 5.74) is 0. The van der Waals surface area contributed by atoms with Crippen LogP contribution in [0.5, 0.6) is 0 Å². The normalized spacial score (nSPS) is 25.7. The average molecular weight is 269 g/mol. The number of carboxylic acid groups (broad SMARTS) is 1. The van der Waals surface area contributed by atoms with Gasteiger partial charge in [-0.05, 0) is 45.2 Å². The minimum Gasteiger partial charge on any atom is -0.480 e. The van der Waals surface area contributed by atoms with E-state index < -0.39 is 12.0 Å². The summed E-state index contributed by atoms with van der Waals surface area (Å²) in [5.74, 6) is -0.811. The molecule has 0 aromatic heterocycles. The fourth-order valence-corrected chi connectivity index (χ4v) is 2.67. The molecule has 108 valence electrons. The molecule has 6 nitrogen and oxygen atoms in total. The van der Waals surface area contributed by atoms with Gasteiger partial charge in [0, 0.05) is 19.6 Å². The van der Waals surface area contributed by atoms with E-state index in [1.165, 1.54) is 0 Å². The number of piperidine rings is 1. The van der Waals surface area contributed by atoms with Gasteiger partial charge in [-0.3, -0.25) is 0 Å². The smallest absolute Gasteiger partial charge is 0.326 e. The molecule has 1 aliphatic heterocycles. The highest BCUT2D eigenvalue weighted by molar-refractivity contribution is 5.83. The lowest BCUT2D eigenvalue weighted by Gasteiger charge is -2.36. The zero-order valence-corrected chi connectivity index (χ0v) is 11.6. The molecule has 2 aliphatic rings. The number of likely N-dealkylation sites (N-methyl/N-ethyl adjacent to an activating group) is 2. The van der Waals surface area contributed by atoms with Crippen LogP contribution in [0.1, 0.15) is 25.7 Å². The summed E-state index contributed by atoms with van der Waals surface area (Å²) in [6.45, 7) is 1.91. The van der Waals surface area contributed by atoms with Crippen molar-refractivity contribution in [2.45, 2.75) is 37.8 Å². The molecule has 1 aliphatic carbocycles. The lowest BCUT2D eigenvalue weighted by atomic mass is 10.1. The Kier molecular flexibility index (Phi) is 4.29. The maximum absolute atomic E-state index is 12.1. The van der Waals surface area contributed by atoms with Gasteiger partial charge in [-0.2, -0.15) is 0 Å². The van der Waals surface area contributed by atoms with Gasteiger partial charge in [-0.25, -0.2) is 9.59 Å². The molecule has 0 radical (unpaired) electrons. The van der Waals surface area contributed by atoms with Gasteiger partial charge in [0.1, 0.15) is 6.04 Å². The molecule has 0 aromatic carbocycles. The molecule has 2 rings (SSSR count). The number of nitrogens with zero attached hydrogens (tertiary/aromatic N) is 2. The Morgan fingerprint density at radius 1 is 1.37 bits per heavy atom. The highest BCUT2D eigenvalue weighted by Gasteiger charge is 2.38. The number of carboxylic acids is 1. The Morgan fingerprint density at radius 2 is 2.05 bits per heavy atom. The van der Waals surface area contributed by atoms with Crippen molar-refractivity contribution < 1.29 is 14.7 Å². The van der Waals surface area contributed by atoms with Gasteiger partial charge < -0.3 is 20.2 Å². The van der Waals surface area contributed by atoms with Gasteiger partial charge in [0.05, 0.1) is 0 Å². The number of hydrogen-bond acceptors (Lipinski definition) is 3. The molecular formula is C13H23N3O3. The van der Waals surface area contributed by atoms with E-state index in [1.807, 2.05) is 7.05 Å². The Hall–Kier alpha value is -1.30. The lowest BCUT2D eigenvalue weighted by Crippen LogP contribution is -2.54. The predicted octanol–water partition coefficient (Wildman–Crippen LogP) is 0.585. The quantitative estimate of drug-likeness (QED) is 0.783. The molecule has 0 aromatic rings. The second-order valence-corrected chi connectivity index (χ2v) is 5.77. The van der Waals surface area contributed by atoms with Gasteiger partial charge in [-0.1, -0.05) is 0 Å². The van der Waals surface area contributed by atoms with Crippen molar-refractivity contribution in [3.05, 3.63) is 0 Å². The topological polar surface area (TPSA) is 72.9 Å². The van der Waals surface area contributed by atoms with Crippen LogP contribution in [0.2, 0.25) is 0 Å². The summed E-state index contributed by atoms with van der Waals surface area (Å²) in [4.78, 5) is 27.1. The van der Waals surface area contributed by atoms with Crippen molar-refractivity contribution in [1.29, 1.82) is 0 Å². The molecule has 2 atom stereocenters. The Morgan fingerprint density at radius 3 is 2.58 bits per heavy atom. The van der Waals surface area contributed by atoms with Crippen LogP contribution in [0.4, 0.5) is 4.79 Å². The Bertz CT molecular complexity index is 357. The molecule has 1 saturated carbocycles. The number of nitrogens with one attached hydrogen (secondary N) is 1. The number of hydrogen-bond donors (Lipinski definition) is 2. The first-order valence-corrected chi connectivity index (χ1v) is 6.93. The number of carbonyl (C=O) groups excluding carboxylic acids is 1. The summed E-state index contributed by atoms with van der Waals surface area (Å²) in [5, 5.41) is 11.8. The van der Waals surface area contributed by atoms with Crippen molar-refractivity contribution in [2.75, 3.05) is 27.2 Å². The molecule has 2 fully saturated rings. The predicted molar refractivity (Wildman–Crippen MR) is 71.0 cm³/mol. The SMILES string of the molecule is CN1CCCC(N(C)C(=O)NC(C(=O)O)C2CC2)C1. The average Bonchev–Trinajstić information content (AvgIpc) is 3.18. The monoisotopic (exact) mass is 269 g/mol. The number of amides is 2. The third-order valence-corrected chi connectivity index (χ3v) is 4.11. The number of aliphatic carboxylic acids is 1. The molecule has 2 N–H and O–H groups in total. The highest BCUT2D eigenvalue weighted by atomic mass is 16.4. The van der Waals surface area contributed by atoms with Crippen LogP contribution < -0.4 is 5.32 Å². The van der Waals surface area contributed by atoms with Gasteiger partial charge in [0.15, 0.2) is 0 Å². The third-order valence-electron chi connectivity index (χ3n) is 4.11. The molecule has 1 saturated heterocycles. The first-order valence-electron chi connectivity index (χ1n) is 6.93. The Balaban J connectivity index is 1.89. The minimum absolute atomic E-state index is 0.115. The van der Waals surface area contributed by atoms with E-state index in [1.54, 1.807) is 11.9 Å². The fourth-order valence-electron chi connectivity index (χ4n) is 2.67. The van der Waals surface area contributed by atoms with Gasteiger partial charge in [0.25, 0.3) is 0 Å². The van der Waals surface area contributed by atoms with Crippen LogP contribution in [0.15, 0.2) is 0 Å². The van der Waals surface area contributed by atoms with Gasteiger partial charge >= 0.3 is 12.0 Å². The van der Waals surface area contributed by atoms with Crippen molar-refractivity contribution in [3.8, 4) is 0 Å². The van der Waals surface area contributed by atoms with Gasteiger partial charge in [-0.15, -0.1) is 0 Å².